The fourth-order valence-electron chi connectivity index (χ4n) is 2.91. The maximum absolute atomic E-state index is 12.9. The lowest BCUT2D eigenvalue weighted by molar-refractivity contribution is -0.126. The van der Waals surface area contributed by atoms with Crippen LogP contribution in [0.2, 0.25) is 0 Å². The van der Waals surface area contributed by atoms with E-state index in [4.69, 9.17) is 4.74 Å². The van der Waals surface area contributed by atoms with Crippen molar-refractivity contribution in [1.29, 1.82) is 0 Å². The van der Waals surface area contributed by atoms with E-state index in [1.54, 1.807) is 12.1 Å². The first-order valence-corrected chi connectivity index (χ1v) is 8.74. The molecule has 142 valence electrons. The normalized spacial score (nSPS) is 28.0. The van der Waals surface area contributed by atoms with Crippen LogP contribution in [0.1, 0.15) is 24.8 Å². The highest BCUT2D eigenvalue weighted by molar-refractivity contribution is 5.80. The Morgan fingerprint density at radius 3 is 2.38 bits per heavy atom. The van der Waals surface area contributed by atoms with E-state index in [0.717, 1.165) is 18.4 Å². The summed E-state index contributed by atoms with van der Waals surface area (Å²) in [7, 11) is 0. The van der Waals surface area contributed by atoms with E-state index in [1.807, 2.05) is 0 Å². The van der Waals surface area contributed by atoms with Crippen molar-refractivity contribution in [2.45, 2.75) is 50.2 Å². The molecular weight excluding hydrogens is 343 g/mol. The lowest BCUT2D eigenvalue weighted by Gasteiger charge is -2.15. The monoisotopic (exact) mass is 366 g/mol. The highest BCUT2D eigenvalue weighted by Crippen LogP contribution is 2.29. The average Bonchev–Trinajstić information content (AvgIpc) is 3.44. The van der Waals surface area contributed by atoms with Crippen molar-refractivity contribution >= 4 is 11.8 Å². The van der Waals surface area contributed by atoms with Crippen LogP contribution in [-0.2, 0) is 20.9 Å². The molecule has 1 saturated heterocycles. The number of ether oxygens (including phenoxy) is 1. The van der Waals surface area contributed by atoms with Crippen LogP contribution in [0, 0.1) is 11.7 Å². The predicted octanol–water partition coefficient (Wildman–Crippen LogP) is -0.153. The molecule has 8 heteroatoms. The van der Waals surface area contributed by atoms with Gasteiger partial charge in [0, 0.05) is 19.0 Å². The molecule has 1 aromatic rings. The summed E-state index contributed by atoms with van der Waals surface area (Å²) in [5.74, 6) is -0.730. The first-order valence-electron chi connectivity index (χ1n) is 8.74. The smallest absolute Gasteiger partial charge is 0.223 e. The number of rotatable bonds is 7. The number of halogens is 1. The van der Waals surface area contributed by atoms with E-state index in [1.165, 1.54) is 12.1 Å². The van der Waals surface area contributed by atoms with E-state index >= 15 is 0 Å². The van der Waals surface area contributed by atoms with E-state index < -0.39 is 24.4 Å². The van der Waals surface area contributed by atoms with Gasteiger partial charge in [0.2, 0.25) is 11.8 Å². The minimum atomic E-state index is -1.20. The third kappa shape index (κ3) is 4.78. The number of hydrogen-bond donors (Lipinski definition) is 4. The van der Waals surface area contributed by atoms with E-state index in [2.05, 4.69) is 10.6 Å². The molecule has 1 aliphatic heterocycles. The minimum absolute atomic E-state index is 0.0477. The standard InChI is InChI=1S/C18H23FN2O5/c19-12-5-1-10(2-6-12)8-20-15(22)7-13-16(23)17(24)14(26-13)9-21-18(25)11-3-4-11/h1-2,5-6,11,13-14,16-17,23-24H,3-4,7-9H2,(H,20,22)(H,21,25)/t13-,14+,16-,17+/m0/s1. The molecule has 1 heterocycles. The van der Waals surface area contributed by atoms with Crippen LogP contribution in [0.5, 0.6) is 0 Å². The summed E-state index contributed by atoms with van der Waals surface area (Å²) in [5.41, 5.74) is 0.744. The Morgan fingerprint density at radius 1 is 1.08 bits per heavy atom. The maximum Gasteiger partial charge on any atom is 0.223 e. The molecule has 1 aliphatic carbocycles. The molecule has 0 radical (unpaired) electrons. The molecule has 2 aliphatic rings. The number of hydrogen-bond acceptors (Lipinski definition) is 5. The zero-order valence-electron chi connectivity index (χ0n) is 14.2. The predicted molar refractivity (Wildman–Crippen MR) is 89.3 cm³/mol. The molecule has 0 spiro atoms. The van der Waals surface area contributed by atoms with E-state index in [9.17, 15) is 24.2 Å². The van der Waals surface area contributed by atoms with Gasteiger partial charge in [-0.05, 0) is 30.5 Å². The fourth-order valence-corrected chi connectivity index (χ4v) is 2.91. The molecule has 0 bridgehead atoms. The summed E-state index contributed by atoms with van der Waals surface area (Å²) in [5, 5.41) is 25.5. The Bertz CT molecular complexity index is 649. The Labute approximate surface area is 150 Å². The number of aliphatic hydroxyl groups is 2. The Hall–Kier alpha value is -2.03. The average molecular weight is 366 g/mol. The van der Waals surface area contributed by atoms with Crippen LogP contribution in [-0.4, -0.2) is 53.0 Å². The summed E-state index contributed by atoms with van der Waals surface area (Å²) in [6, 6.07) is 5.75. The Balaban J connectivity index is 1.43. The van der Waals surface area contributed by atoms with E-state index in [0.29, 0.717) is 0 Å². The van der Waals surface area contributed by atoms with Gasteiger partial charge in [0.15, 0.2) is 0 Å². The van der Waals surface area contributed by atoms with E-state index in [-0.39, 0.29) is 43.1 Å². The third-order valence-corrected chi connectivity index (χ3v) is 4.68. The molecule has 1 saturated carbocycles. The zero-order valence-corrected chi connectivity index (χ0v) is 14.2. The first kappa shape index (κ1) is 18.8. The van der Waals surface area contributed by atoms with Crippen LogP contribution in [0.15, 0.2) is 24.3 Å². The van der Waals surface area contributed by atoms with Crippen LogP contribution >= 0.6 is 0 Å². The van der Waals surface area contributed by atoms with Gasteiger partial charge in [-0.25, -0.2) is 4.39 Å². The molecule has 2 amide bonds. The molecule has 2 fully saturated rings. The highest BCUT2D eigenvalue weighted by Gasteiger charge is 2.43. The molecule has 3 rings (SSSR count). The van der Waals surface area contributed by atoms with Crippen molar-refractivity contribution < 1.29 is 28.9 Å². The van der Waals surface area contributed by atoms with Crippen molar-refractivity contribution in [2.75, 3.05) is 6.54 Å². The van der Waals surface area contributed by atoms with Crippen LogP contribution in [0.25, 0.3) is 0 Å². The second-order valence-corrected chi connectivity index (χ2v) is 6.82. The lowest BCUT2D eigenvalue weighted by Crippen LogP contribution is -2.40. The first-order chi connectivity index (χ1) is 12.4. The van der Waals surface area contributed by atoms with Crippen LogP contribution in [0.4, 0.5) is 4.39 Å². The Morgan fingerprint density at radius 2 is 1.73 bits per heavy atom. The molecule has 7 nitrogen and oxygen atoms in total. The molecular formula is C18H23FN2O5. The largest absolute Gasteiger partial charge is 0.388 e. The van der Waals surface area contributed by atoms with Crippen molar-refractivity contribution in [2.24, 2.45) is 5.92 Å². The molecule has 4 N–H and O–H groups in total. The quantitative estimate of drug-likeness (QED) is 0.537. The van der Waals surface area contributed by atoms with Gasteiger partial charge in [-0.2, -0.15) is 0 Å². The second-order valence-electron chi connectivity index (χ2n) is 6.82. The summed E-state index contributed by atoms with van der Waals surface area (Å²) in [6.45, 7) is 0.326. The van der Waals surface area contributed by atoms with Gasteiger partial charge >= 0.3 is 0 Å². The van der Waals surface area contributed by atoms with Gasteiger partial charge < -0.3 is 25.6 Å². The van der Waals surface area contributed by atoms with Crippen LogP contribution in [0.3, 0.4) is 0 Å². The maximum atomic E-state index is 12.9. The van der Waals surface area contributed by atoms with Gasteiger partial charge in [-0.15, -0.1) is 0 Å². The van der Waals surface area contributed by atoms with Crippen molar-refractivity contribution in [3.63, 3.8) is 0 Å². The molecule has 1 aromatic carbocycles. The van der Waals surface area contributed by atoms with Gasteiger partial charge in [-0.3, -0.25) is 9.59 Å². The number of carbonyl (C=O) groups excluding carboxylic acids is 2. The molecule has 0 unspecified atom stereocenters. The lowest BCUT2D eigenvalue weighted by atomic mass is 10.1. The SMILES string of the molecule is O=C(C[C@@H]1O[C@H](CNC(=O)C2CC2)[C@@H](O)[C@H]1O)NCc1ccc(F)cc1. The highest BCUT2D eigenvalue weighted by atomic mass is 19.1. The summed E-state index contributed by atoms with van der Waals surface area (Å²) >= 11 is 0. The van der Waals surface area contributed by atoms with Gasteiger partial charge in [0.1, 0.15) is 24.1 Å². The summed E-state index contributed by atoms with van der Waals surface area (Å²) in [4.78, 5) is 23.7. The van der Waals surface area contributed by atoms with Gasteiger partial charge in [-0.1, -0.05) is 12.1 Å². The summed E-state index contributed by atoms with van der Waals surface area (Å²) in [6.07, 6.45) is -2.33. The minimum Gasteiger partial charge on any atom is -0.388 e. The fraction of sp³-hybridized carbons (Fsp3) is 0.556. The van der Waals surface area contributed by atoms with Crippen molar-refractivity contribution in [1.82, 2.24) is 10.6 Å². The topological polar surface area (TPSA) is 108 Å². The number of nitrogens with one attached hydrogen (secondary N) is 2. The molecule has 0 aromatic heterocycles. The Kier molecular flexibility index (Phi) is 5.85. The number of carbonyl (C=O) groups is 2. The number of benzene rings is 1. The molecule has 4 atom stereocenters. The van der Waals surface area contributed by atoms with Gasteiger partial charge in [0.05, 0.1) is 12.5 Å². The number of amides is 2. The van der Waals surface area contributed by atoms with Crippen LogP contribution < -0.4 is 10.6 Å². The summed E-state index contributed by atoms with van der Waals surface area (Å²) < 4.78 is 18.4. The van der Waals surface area contributed by atoms with Crippen molar-refractivity contribution in [3.8, 4) is 0 Å². The third-order valence-electron chi connectivity index (χ3n) is 4.68. The molecule has 26 heavy (non-hydrogen) atoms. The number of aliphatic hydroxyl groups excluding tert-OH is 2. The second kappa shape index (κ2) is 8.11. The van der Waals surface area contributed by atoms with Gasteiger partial charge in [0.25, 0.3) is 0 Å². The van der Waals surface area contributed by atoms with Crippen molar-refractivity contribution in [3.05, 3.63) is 35.6 Å². The zero-order chi connectivity index (χ0) is 18.7.